The molecule has 0 N–H and O–H groups in total. The first kappa shape index (κ1) is 26.0. The molecule has 0 saturated heterocycles. The Morgan fingerprint density at radius 1 is 0.857 bits per heavy atom. The van der Waals surface area contributed by atoms with Crippen LogP contribution in [0, 0.1) is 0 Å². The van der Waals surface area contributed by atoms with Crippen LogP contribution in [0.15, 0.2) is 78.9 Å². The topological polar surface area (TPSA) is 40.6 Å². The zero-order chi connectivity index (χ0) is 24.7. The SMILES string of the molecule is CCN(CC)CCCCN(Cc1ccc2ccccc2c1)S(=O)(=O)C1CC=C(c2ccccc2)S1. The summed E-state index contributed by atoms with van der Waals surface area (Å²) in [7, 11) is -3.47. The Labute approximate surface area is 215 Å². The van der Waals surface area contributed by atoms with E-state index in [1.165, 1.54) is 17.1 Å². The van der Waals surface area contributed by atoms with E-state index in [4.69, 9.17) is 0 Å². The summed E-state index contributed by atoms with van der Waals surface area (Å²) in [5.41, 5.74) is 2.13. The van der Waals surface area contributed by atoms with Gasteiger partial charge in [0.15, 0.2) is 0 Å². The number of sulfonamides is 1. The number of rotatable bonds is 12. The number of allylic oxidation sites excluding steroid dienone is 1. The maximum absolute atomic E-state index is 13.9. The van der Waals surface area contributed by atoms with Crippen molar-refractivity contribution in [3.8, 4) is 0 Å². The lowest BCUT2D eigenvalue weighted by molar-refractivity contribution is 0.289. The highest BCUT2D eigenvalue weighted by Gasteiger charge is 2.35. The highest BCUT2D eigenvalue weighted by Crippen LogP contribution is 2.42. The molecule has 6 heteroatoms. The predicted octanol–water partition coefficient (Wildman–Crippen LogP) is 6.60. The van der Waals surface area contributed by atoms with E-state index in [1.807, 2.05) is 42.5 Å². The van der Waals surface area contributed by atoms with E-state index in [0.717, 1.165) is 53.9 Å². The minimum Gasteiger partial charge on any atom is -0.304 e. The lowest BCUT2D eigenvalue weighted by atomic mass is 10.1. The minimum absolute atomic E-state index is 0.413. The van der Waals surface area contributed by atoms with Crippen molar-refractivity contribution in [2.45, 2.75) is 44.2 Å². The van der Waals surface area contributed by atoms with Crippen LogP contribution in [0.1, 0.15) is 44.2 Å². The fourth-order valence-corrected chi connectivity index (χ4v) is 8.07. The first-order valence-corrected chi connectivity index (χ1v) is 15.0. The Kier molecular flexibility index (Phi) is 9.06. The average molecular weight is 509 g/mol. The van der Waals surface area contributed by atoms with Crippen LogP contribution in [0.2, 0.25) is 0 Å². The second-order valence-corrected chi connectivity index (χ2v) is 12.7. The third-order valence-electron chi connectivity index (χ3n) is 6.70. The number of hydrogen-bond acceptors (Lipinski definition) is 4. The van der Waals surface area contributed by atoms with Crippen molar-refractivity contribution < 1.29 is 8.42 Å². The van der Waals surface area contributed by atoms with Crippen molar-refractivity contribution in [3.63, 3.8) is 0 Å². The van der Waals surface area contributed by atoms with E-state index >= 15 is 0 Å². The smallest absolute Gasteiger partial charge is 0.227 e. The Hall–Kier alpha value is -2.12. The molecule has 3 aromatic rings. The second kappa shape index (κ2) is 12.2. The van der Waals surface area contributed by atoms with Gasteiger partial charge in [-0.15, -0.1) is 11.8 Å². The molecule has 0 fully saturated rings. The van der Waals surface area contributed by atoms with Crippen LogP contribution in [0.5, 0.6) is 0 Å². The molecule has 0 radical (unpaired) electrons. The summed E-state index contributed by atoms with van der Waals surface area (Å²) in [4.78, 5) is 3.46. The van der Waals surface area contributed by atoms with Crippen molar-refractivity contribution in [1.29, 1.82) is 0 Å². The van der Waals surface area contributed by atoms with E-state index in [1.54, 1.807) is 4.31 Å². The van der Waals surface area contributed by atoms with Crippen LogP contribution in [0.25, 0.3) is 15.7 Å². The molecule has 0 aliphatic carbocycles. The fraction of sp³-hybridized carbons (Fsp3) is 0.379. The van der Waals surface area contributed by atoms with Gasteiger partial charge in [-0.25, -0.2) is 8.42 Å². The number of benzene rings is 3. The molecule has 4 rings (SSSR count). The van der Waals surface area contributed by atoms with Gasteiger partial charge in [-0.3, -0.25) is 0 Å². The Morgan fingerprint density at radius 2 is 1.54 bits per heavy atom. The lowest BCUT2D eigenvalue weighted by Gasteiger charge is -2.26. The molecule has 1 heterocycles. The van der Waals surface area contributed by atoms with Gasteiger partial charge in [-0.05, 0) is 66.9 Å². The molecule has 0 aromatic heterocycles. The average Bonchev–Trinajstić information content (AvgIpc) is 3.40. The minimum atomic E-state index is -3.47. The quantitative estimate of drug-likeness (QED) is 0.259. The molecule has 0 bridgehead atoms. The van der Waals surface area contributed by atoms with Gasteiger partial charge in [-0.1, -0.05) is 86.7 Å². The Morgan fingerprint density at radius 3 is 2.29 bits per heavy atom. The van der Waals surface area contributed by atoms with Crippen LogP contribution in [-0.2, 0) is 16.6 Å². The predicted molar refractivity (Wildman–Crippen MR) is 151 cm³/mol. The zero-order valence-electron chi connectivity index (χ0n) is 20.8. The Balaban J connectivity index is 1.50. The standard InChI is InChI=1S/C29H36N2O2S2/c1-3-30(4-2)20-10-11-21-31(23-24-16-17-25-12-8-9-15-27(25)22-24)35(32,33)29-19-18-28(34-29)26-13-6-5-7-14-26/h5-9,12-18,22,29H,3-4,10-11,19-21,23H2,1-2H3. The van der Waals surface area contributed by atoms with Crippen molar-refractivity contribution in [2.24, 2.45) is 0 Å². The van der Waals surface area contributed by atoms with Gasteiger partial charge < -0.3 is 4.90 Å². The maximum Gasteiger partial charge on any atom is 0.227 e. The van der Waals surface area contributed by atoms with Crippen LogP contribution in [0.4, 0.5) is 0 Å². The van der Waals surface area contributed by atoms with Crippen molar-refractivity contribution >= 4 is 37.5 Å². The largest absolute Gasteiger partial charge is 0.304 e. The normalized spacial score (nSPS) is 16.3. The van der Waals surface area contributed by atoms with Gasteiger partial charge in [0, 0.05) is 18.0 Å². The van der Waals surface area contributed by atoms with Crippen molar-refractivity contribution in [2.75, 3.05) is 26.2 Å². The van der Waals surface area contributed by atoms with Gasteiger partial charge in [0.2, 0.25) is 10.0 Å². The van der Waals surface area contributed by atoms with Crippen LogP contribution in [0.3, 0.4) is 0 Å². The van der Waals surface area contributed by atoms with Gasteiger partial charge in [-0.2, -0.15) is 4.31 Å². The van der Waals surface area contributed by atoms with E-state index in [0.29, 0.717) is 19.5 Å². The molecule has 186 valence electrons. The third kappa shape index (κ3) is 6.56. The summed E-state index contributed by atoms with van der Waals surface area (Å²) >= 11 is 1.49. The van der Waals surface area contributed by atoms with Crippen molar-refractivity contribution in [1.82, 2.24) is 9.21 Å². The van der Waals surface area contributed by atoms with Gasteiger partial charge in [0.25, 0.3) is 0 Å². The van der Waals surface area contributed by atoms with Crippen LogP contribution >= 0.6 is 11.8 Å². The van der Waals surface area contributed by atoms with Gasteiger partial charge in [0.05, 0.1) is 0 Å². The van der Waals surface area contributed by atoms with E-state index in [9.17, 15) is 8.42 Å². The van der Waals surface area contributed by atoms with Crippen molar-refractivity contribution in [3.05, 3.63) is 90.0 Å². The van der Waals surface area contributed by atoms with E-state index in [2.05, 4.69) is 55.2 Å². The van der Waals surface area contributed by atoms with Crippen LogP contribution < -0.4 is 0 Å². The highest BCUT2D eigenvalue weighted by atomic mass is 32.3. The van der Waals surface area contributed by atoms with E-state index < -0.39 is 14.6 Å². The molecule has 0 amide bonds. The van der Waals surface area contributed by atoms with Gasteiger partial charge >= 0.3 is 0 Å². The first-order chi connectivity index (χ1) is 17.0. The highest BCUT2D eigenvalue weighted by molar-refractivity contribution is 8.18. The summed E-state index contributed by atoms with van der Waals surface area (Å²) in [6.07, 6.45) is 4.48. The Bertz CT molecular complexity index is 1240. The number of unbranched alkanes of at least 4 members (excludes halogenated alkanes) is 1. The first-order valence-electron chi connectivity index (χ1n) is 12.6. The molecule has 0 spiro atoms. The summed E-state index contributed by atoms with van der Waals surface area (Å²) in [6.45, 7) is 8.38. The molecule has 0 saturated carbocycles. The molecule has 1 atom stereocenters. The van der Waals surface area contributed by atoms with Crippen LogP contribution in [-0.4, -0.2) is 48.4 Å². The molecule has 1 unspecified atom stereocenters. The molecule has 4 nitrogen and oxygen atoms in total. The maximum atomic E-state index is 13.9. The molecule has 35 heavy (non-hydrogen) atoms. The summed E-state index contributed by atoms with van der Waals surface area (Å²) in [6, 6.07) is 24.6. The van der Waals surface area contributed by atoms with E-state index in [-0.39, 0.29) is 0 Å². The number of fused-ring (bicyclic) bond motifs is 1. The third-order valence-corrected chi connectivity index (χ3v) is 10.7. The monoisotopic (exact) mass is 508 g/mol. The molecular formula is C29H36N2O2S2. The number of thioether (sulfide) groups is 1. The van der Waals surface area contributed by atoms with Gasteiger partial charge in [0.1, 0.15) is 4.58 Å². The lowest BCUT2D eigenvalue weighted by Crippen LogP contribution is -2.37. The zero-order valence-corrected chi connectivity index (χ0v) is 22.4. The molecule has 3 aromatic carbocycles. The number of hydrogen-bond donors (Lipinski definition) is 0. The summed E-state index contributed by atoms with van der Waals surface area (Å²) in [5.74, 6) is 0. The summed E-state index contributed by atoms with van der Waals surface area (Å²) < 4.78 is 29.0. The molecule has 1 aliphatic heterocycles. The number of nitrogens with zero attached hydrogens (tertiary/aromatic N) is 2. The molecule has 1 aliphatic rings. The fourth-order valence-electron chi connectivity index (χ4n) is 4.58. The summed E-state index contributed by atoms with van der Waals surface area (Å²) in [5, 5.41) is 2.32. The second-order valence-electron chi connectivity index (χ2n) is 9.01. The molecular weight excluding hydrogens is 472 g/mol.